The van der Waals surface area contributed by atoms with Crippen molar-refractivity contribution in [3.63, 3.8) is 0 Å². The number of pyridine rings is 1. The zero-order valence-corrected chi connectivity index (χ0v) is 9.72. The van der Waals surface area contributed by atoms with E-state index in [-0.39, 0.29) is 13.2 Å². The fourth-order valence-corrected chi connectivity index (χ4v) is 1.52. The van der Waals surface area contributed by atoms with E-state index >= 15 is 0 Å². The van der Waals surface area contributed by atoms with Gasteiger partial charge in [-0.3, -0.25) is 9.78 Å². The number of carbonyl (C=O) groups excluding carboxylic acids is 1. The number of carbonyl (C=O) groups is 1. The molecule has 0 fully saturated rings. The molecule has 1 heterocycles. The predicted octanol–water partition coefficient (Wildman–Crippen LogP) is 2.24. The van der Waals surface area contributed by atoms with Gasteiger partial charge in [-0.2, -0.15) is 11.8 Å². The van der Waals surface area contributed by atoms with Crippen molar-refractivity contribution in [1.29, 1.82) is 0 Å². The fourth-order valence-electron chi connectivity index (χ4n) is 1.17. The first-order valence-corrected chi connectivity index (χ1v) is 6.37. The number of hydrogen-bond acceptors (Lipinski definition) is 4. The van der Waals surface area contributed by atoms with Crippen molar-refractivity contribution in [2.75, 3.05) is 25.1 Å². The minimum atomic E-state index is 0. The molecule has 0 bridgehead atoms. The molecule has 0 aromatic carbocycles. The van der Waals surface area contributed by atoms with Crippen LogP contribution >= 0.6 is 11.8 Å². The Balaban J connectivity index is 0.00000225. The number of thioether (sulfide) groups is 1. The first kappa shape index (κ1) is 15.1. The Morgan fingerprint density at radius 2 is 2.31 bits per heavy atom. The summed E-state index contributed by atoms with van der Waals surface area (Å²) in [7, 11) is 0. The van der Waals surface area contributed by atoms with Crippen LogP contribution < -0.4 is 5.32 Å². The van der Waals surface area contributed by atoms with E-state index in [4.69, 9.17) is 0 Å². The van der Waals surface area contributed by atoms with Gasteiger partial charge in [-0.05, 0) is 18.4 Å². The van der Waals surface area contributed by atoms with Gasteiger partial charge in [0.05, 0.1) is 0 Å². The first-order valence-electron chi connectivity index (χ1n) is 4.97. The van der Waals surface area contributed by atoms with E-state index in [9.17, 15) is 4.79 Å². The largest absolute Gasteiger partial charge is 0.315 e. The molecular formula is C12H20N2OS. The van der Waals surface area contributed by atoms with E-state index in [1.165, 1.54) is 0 Å². The molecule has 0 spiro atoms. The van der Waals surface area contributed by atoms with Crippen LogP contribution in [0.25, 0.3) is 0 Å². The van der Waals surface area contributed by atoms with Crippen LogP contribution in [0.2, 0.25) is 0 Å². The van der Waals surface area contributed by atoms with Gasteiger partial charge >= 0.3 is 0 Å². The fraction of sp³-hybridized carbons (Fsp3) is 0.500. The summed E-state index contributed by atoms with van der Waals surface area (Å²) in [5, 5.41) is 3.22. The lowest BCUT2D eigenvalue weighted by atomic mass is 10.1. The van der Waals surface area contributed by atoms with Gasteiger partial charge in [-0.1, -0.05) is 7.43 Å². The number of Topliss-reactive ketones (excluding diaryl/α,β-unsaturated/α-hetero) is 1. The van der Waals surface area contributed by atoms with E-state index in [1.807, 2.05) is 0 Å². The van der Waals surface area contributed by atoms with Gasteiger partial charge < -0.3 is 5.32 Å². The minimum absolute atomic E-state index is 0. The molecule has 0 atom stereocenters. The van der Waals surface area contributed by atoms with E-state index in [2.05, 4.69) is 16.6 Å². The van der Waals surface area contributed by atoms with E-state index in [0.717, 1.165) is 18.8 Å². The number of hydrogen-bond donors (Lipinski definition) is 1. The van der Waals surface area contributed by atoms with Crippen molar-refractivity contribution in [3.8, 4) is 0 Å². The number of ketones is 1. The monoisotopic (exact) mass is 240 g/mol. The summed E-state index contributed by atoms with van der Waals surface area (Å²) in [6.07, 6.45) is 5.90. The van der Waals surface area contributed by atoms with Gasteiger partial charge in [0.1, 0.15) is 0 Å². The smallest absolute Gasteiger partial charge is 0.165 e. The third kappa shape index (κ3) is 5.88. The molecule has 1 rings (SSSR count). The van der Waals surface area contributed by atoms with Crippen molar-refractivity contribution in [3.05, 3.63) is 30.1 Å². The molecule has 1 N–H and O–H groups in total. The van der Waals surface area contributed by atoms with Crippen molar-refractivity contribution < 1.29 is 4.79 Å². The summed E-state index contributed by atoms with van der Waals surface area (Å²) in [5.74, 6) is 1.24. The summed E-state index contributed by atoms with van der Waals surface area (Å²) >= 11 is 1.80. The second-order valence-electron chi connectivity index (χ2n) is 3.16. The average molecular weight is 240 g/mol. The Labute approximate surface area is 102 Å². The summed E-state index contributed by atoms with van der Waals surface area (Å²) < 4.78 is 0. The topological polar surface area (TPSA) is 42.0 Å². The summed E-state index contributed by atoms with van der Waals surface area (Å²) in [6, 6.07) is 3.59. The summed E-state index contributed by atoms with van der Waals surface area (Å²) in [5.41, 5.74) is 0.698. The zero-order valence-electron chi connectivity index (χ0n) is 8.90. The number of nitrogens with zero attached hydrogens (tertiary/aromatic N) is 1. The molecule has 0 saturated heterocycles. The van der Waals surface area contributed by atoms with Crippen LogP contribution in [0.5, 0.6) is 0 Å². The van der Waals surface area contributed by atoms with E-state index < -0.39 is 0 Å². The van der Waals surface area contributed by atoms with Crippen LogP contribution in [0.15, 0.2) is 24.5 Å². The van der Waals surface area contributed by atoms with E-state index in [0.29, 0.717) is 12.0 Å². The van der Waals surface area contributed by atoms with Gasteiger partial charge in [0, 0.05) is 43.2 Å². The van der Waals surface area contributed by atoms with Crippen LogP contribution in [-0.4, -0.2) is 35.9 Å². The molecule has 3 nitrogen and oxygen atoms in total. The highest BCUT2D eigenvalue weighted by atomic mass is 32.2. The first-order chi connectivity index (χ1) is 7.34. The molecule has 1 aromatic rings. The molecule has 0 unspecified atom stereocenters. The molecule has 0 aliphatic carbocycles. The molecule has 0 radical (unpaired) electrons. The molecule has 0 saturated carbocycles. The second-order valence-corrected chi connectivity index (χ2v) is 4.14. The normalized spacial score (nSPS) is 9.56. The summed E-state index contributed by atoms with van der Waals surface area (Å²) in [4.78, 5) is 15.5. The number of nitrogens with one attached hydrogen (secondary N) is 1. The Bertz CT molecular complexity index is 290. The zero-order chi connectivity index (χ0) is 10.9. The lowest BCUT2D eigenvalue weighted by molar-refractivity contribution is 0.0982. The predicted molar refractivity (Wildman–Crippen MR) is 71.2 cm³/mol. The lowest BCUT2D eigenvalue weighted by Gasteiger charge is -2.02. The maximum absolute atomic E-state index is 11.6. The average Bonchev–Trinajstić information content (AvgIpc) is 2.30. The van der Waals surface area contributed by atoms with Gasteiger partial charge in [-0.25, -0.2) is 0 Å². The second kappa shape index (κ2) is 9.36. The summed E-state index contributed by atoms with van der Waals surface area (Å²) in [6.45, 7) is 1.70. The minimum Gasteiger partial charge on any atom is -0.315 e. The van der Waals surface area contributed by atoms with Crippen LogP contribution in [0.1, 0.15) is 24.2 Å². The molecule has 0 aliphatic rings. The van der Waals surface area contributed by atoms with Gasteiger partial charge in [-0.15, -0.1) is 0 Å². The van der Waals surface area contributed by atoms with E-state index in [1.54, 1.807) is 36.3 Å². The Kier molecular flexibility index (Phi) is 8.85. The standard InChI is InChI=1S/C11H16N2OS.CH4/c1-15-8-7-12-6-4-11(14)10-3-2-5-13-9-10;/h2-3,5,9,12H,4,6-8H2,1H3;1H4. The number of aromatic nitrogens is 1. The van der Waals surface area contributed by atoms with Crippen LogP contribution in [0.4, 0.5) is 0 Å². The van der Waals surface area contributed by atoms with Crippen LogP contribution in [0, 0.1) is 0 Å². The molecule has 4 heteroatoms. The third-order valence-corrected chi connectivity index (χ3v) is 2.61. The maximum Gasteiger partial charge on any atom is 0.165 e. The highest BCUT2D eigenvalue weighted by Gasteiger charge is 2.03. The SMILES string of the molecule is C.CSCCNCCC(=O)c1cccnc1. The number of rotatable bonds is 7. The van der Waals surface area contributed by atoms with Crippen molar-refractivity contribution >= 4 is 17.5 Å². The lowest BCUT2D eigenvalue weighted by Crippen LogP contribution is -2.20. The van der Waals surface area contributed by atoms with Crippen molar-refractivity contribution in [2.45, 2.75) is 13.8 Å². The molecule has 0 amide bonds. The maximum atomic E-state index is 11.6. The highest BCUT2D eigenvalue weighted by molar-refractivity contribution is 7.98. The van der Waals surface area contributed by atoms with Crippen LogP contribution in [-0.2, 0) is 0 Å². The van der Waals surface area contributed by atoms with Gasteiger partial charge in [0.2, 0.25) is 0 Å². The molecular weight excluding hydrogens is 220 g/mol. The van der Waals surface area contributed by atoms with Gasteiger partial charge in [0.15, 0.2) is 5.78 Å². The van der Waals surface area contributed by atoms with Crippen molar-refractivity contribution in [1.82, 2.24) is 10.3 Å². The Morgan fingerprint density at radius 3 is 2.94 bits per heavy atom. The highest BCUT2D eigenvalue weighted by Crippen LogP contribution is 1.99. The molecule has 90 valence electrons. The molecule has 1 aromatic heterocycles. The Morgan fingerprint density at radius 1 is 1.50 bits per heavy atom. The molecule has 0 aliphatic heterocycles. The quantitative estimate of drug-likeness (QED) is 0.586. The Hall–Kier alpha value is -0.870. The van der Waals surface area contributed by atoms with Crippen molar-refractivity contribution in [2.24, 2.45) is 0 Å². The van der Waals surface area contributed by atoms with Gasteiger partial charge in [0.25, 0.3) is 0 Å². The van der Waals surface area contributed by atoms with Crippen LogP contribution in [0.3, 0.4) is 0 Å². The third-order valence-electron chi connectivity index (χ3n) is 2.00. The molecule has 16 heavy (non-hydrogen) atoms.